The van der Waals surface area contributed by atoms with Crippen molar-refractivity contribution >= 4 is 40.8 Å². The van der Waals surface area contributed by atoms with Crippen molar-refractivity contribution in [2.24, 2.45) is 10.2 Å². The van der Waals surface area contributed by atoms with Crippen molar-refractivity contribution < 1.29 is 4.79 Å². The summed E-state index contributed by atoms with van der Waals surface area (Å²) in [4.78, 5) is 12.5. The lowest BCUT2D eigenvalue weighted by Crippen LogP contribution is -2.23. The number of hydrogen-bond donors (Lipinski definition) is 1. The lowest BCUT2D eigenvalue weighted by Gasteiger charge is -1.99. The molecule has 106 valence electrons. The Morgan fingerprint density at radius 3 is 2.80 bits per heavy atom. The molecule has 2 rings (SSSR count). The number of benzene rings is 1. The van der Waals surface area contributed by atoms with E-state index in [0.29, 0.717) is 5.17 Å². The molecule has 1 aliphatic rings. The van der Waals surface area contributed by atoms with Crippen LogP contribution < -0.4 is 5.32 Å². The van der Waals surface area contributed by atoms with Crippen LogP contribution >= 0.6 is 23.5 Å². The first kappa shape index (κ1) is 15.1. The third-order valence-electron chi connectivity index (χ3n) is 2.65. The highest BCUT2D eigenvalue weighted by Crippen LogP contribution is 2.19. The summed E-state index contributed by atoms with van der Waals surface area (Å²) in [5, 5.41) is 11.2. The fourth-order valence-electron chi connectivity index (χ4n) is 1.52. The molecule has 0 radical (unpaired) electrons. The maximum atomic E-state index is 11.2. The molecule has 6 heteroatoms. The molecule has 4 nitrogen and oxygen atoms in total. The Morgan fingerprint density at radius 2 is 2.15 bits per heavy atom. The zero-order valence-corrected chi connectivity index (χ0v) is 13.1. The molecule has 1 atom stereocenters. The minimum Gasteiger partial charge on any atom is -0.303 e. The third kappa shape index (κ3) is 4.68. The molecule has 1 aliphatic heterocycles. The van der Waals surface area contributed by atoms with E-state index in [9.17, 15) is 4.79 Å². The van der Waals surface area contributed by atoms with Crippen LogP contribution in [0.15, 0.2) is 39.4 Å². The van der Waals surface area contributed by atoms with Gasteiger partial charge in [-0.2, -0.15) is 5.10 Å². The number of amides is 1. The number of thioether (sulfide) groups is 2. The van der Waals surface area contributed by atoms with Crippen LogP contribution in [0.25, 0.3) is 0 Å². The van der Waals surface area contributed by atoms with Gasteiger partial charge in [0.2, 0.25) is 5.91 Å². The number of aryl methyl sites for hydroxylation is 1. The van der Waals surface area contributed by atoms with E-state index in [1.54, 1.807) is 18.0 Å². The molecule has 1 saturated heterocycles. The van der Waals surface area contributed by atoms with E-state index in [-0.39, 0.29) is 11.2 Å². The van der Waals surface area contributed by atoms with Gasteiger partial charge in [0.25, 0.3) is 0 Å². The monoisotopic (exact) mass is 307 g/mol. The molecule has 0 bridgehead atoms. The zero-order valence-electron chi connectivity index (χ0n) is 11.5. The highest BCUT2D eigenvalue weighted by Gasteiger charge is 2.25. The normalized spacial score (nSPS) is 20.8. The lowest BCUT2D eigenvalue weighted by molar-refractivity contribution is -0.118. The van der Waals surface area contributed by atoms with Gasteiger partial charge in [0.1, 0.15) is 0 Å². The lowest BCUT2D eigenvalue weighted by atomic mass is 10.2. The number of rotatable bonds is 5. The van der Waals surface area contributed by atoms with E-state index < -0.39 is 0 Å². The van der Waals surface area contributed by atoms with Crippen LogP contribution in [0.1, 0.15) is 18.9 Å². The van der Waals surface area contributed by atoms with Gasteiger partial charge in [-0.1, -0.05) is 29.5 Å². The Bertz CT molecular complexity index is 526. The Hall–Kier alpha value is -1.27. The molecule has 1 aromatic carbocycles. The Kier molecular flexibility index (Phi) is 5.67. The summed E-state index contributed by atoms with van der Waals surface area (Å²) in [5.74, 6) is 0.965. The second-order valence-corrected chi connectivity index (χ2v) is 6.90. The third-order valence-corrected chi connectivity index (χ3v) is 4.67. The van der Waals surface area contributed by atoms with Gasteiger partial charge in [-0.15, -0.1) is 16.9 Å². The summed E-state index contributed by atoms with van der Waals surface area (Å²) in [6.45, 7) is 3.94. The van der Waals surface area contributed by atoms with Gasteiger partial charge in [0, 0.05) is 16.9 Å². The molecule has 0 aliphatic carbocycles. The number of carbonyl (C=O) groups is 1. The molecule has 1 heterocycles. The van der Waals surface area contributed by atoms with Crippen molar-refractivity contribution in [1.29, 1.82) is 0 Å². The van der Waals surface area contributed by atoms with Crippen LogP contribution in [-0.4, -0.2) is 28.3 Å². The number of carbonyl (C=O) groups excluding carboxylic acids is 1. The predicted octanol–water partition coefficient (Wildman–Crippen LogP) is 3.07. The summed E-state index contributed by atoms with van der Waals surface area (Å²) in [5.41, 5.74) is 1.28. The van der Waals surface area contributed by atoms with Crippen molar-refractivity contribution in [2.45, 2.75) is 30.4 Å². The first-order chi connectivity index (χ1) is 9.65. The van der Waals surface area contributed by atoms with Crippen molar-refractivity contribution in [2.75, 3.05) is 5.75 Å². The van der Waals surface area contributed by atoms with Crippen molar-refractivity contribution in [3.63, 3.8) is 0 Å². The van der Waals surface area contributed by atoms with E-state index >= 15 is 0 Å². The molecule has 1 amide bonds. The summed E-state index contributed by atoms with van der Waals surface area (Å²) in [7, 11) is 0. The van der Waals surface area contributed by atoms with E-state index in [1.807, 2.05) is 6.92 Å². The Morgan fingerprint density at radius 1 is 1.40 bits per heavy atom. The first-order valence-electron chi connectivity index (χ1n) is 6.41. The van der Waals surface area contributed by atoms with E-state index in [1.165, 1.54) is 22.2 Å². The van der Waals surface area contributed by atoms with Crippen molar-refractivity contribution in [3.8, 4) is 0 Å². The van der Waals surface area contributed by atoms with Gasteiger partial charge in [-0.3, -0.25) is 4.79 Å². The van der Waals surface area contributed by atoms with Gasteiger partial charge in [-0.05, 0) is 32.4 Å². The van der Waals surface area contributed by atoms with Crippen LogP contribution in [0.3, 0.4) is 0 Å². The average Bonchev–Trinajstić information content (AvgIpc) is 2.75. The smallest absolute Gasteiger partial charge is 0.239 e. The minimum absolute atomic E-state index is 0.00104. The highest BCUT2D eigenvalue weighted by atomic mass is 32.2. The fraction of sp³-hybridized carbons (Fsp3) is 0.357. The minimum atomic E-state index is -0.0685. The van der Waals surface area contributed by atoms with Crippen LogP contribution in [0.4, 0.5) is 0 Å². The average molecular weight is 307 g/mol. The zero-order chi connectivity index (χ0) is 14.4. The number of amidine groups is 1. The van der Waals surface area contributed by atoms with Crippen LogP contribution in [0.2, 0.25) is 0 Å². The van der Waals surface area contributed by atoms with E-state index in [0.717, 1.165) is 12.2 Å². The van der Waals surface area contributed by atoms with Crippen molar-refractivity contribution in [3.05, 3.63) is 29.8 Å². The molecule has 0 spiro atoms. The predicted molar refractivity (Wildman–Crippen MR) is 87.6 cm³/mol. The number of nitrogens with zero attached hydrogens (tertiary/aromatic N) is 2. The van der Waals surface area contributed by atoms with Gasteiger partial charge in [-0.25, -0.2) is 0 Å². The van der Waals surface area contributed by atoms with Crippen molar-refractivity contribution in [1.82, 2.24) is 5.32 Å². The molecule has 1 aromatic rings. The maximum Gasteiger partial charge on any atom is 0.239 e. The largest absolute Gasteiger partial charge is 0.303 e. The number of nitrogens with one attached hydrogen (secondary N) is 1. The second-order valence-electron chi connectivity index (χ2n) is 4.40. The molecular weight excluding hydrogens is 290 g/mol. The standard InChI is InChI=1S/C14H17N3OS2/c1-10-4-6-12(7-5-10)19-9-3-8-15-17-14-16-13(18)11(2)20-14/h4-8,11H,3,9H2,1-2H3,(H,16,17,18)/b15-8+. The topological polar surface area (TPSA) is 53.8 Å². The van der Waals surface area contributed by atoms with Gasteiger partial charge < -0.3 is 5.32 Å². The highest BCUT2D eigenvalue weighted by molar-refractivity contribution is 8.15. The maximum absolute atomic E-state index is 11.2. The molecule has 0 aromatic heterocycles. The Balaban J connectivity index is 1.68. The van der Waals surface area contributed by atoms with Gasteiger partial charge >= 0.3 is 0 Å². The van der Waals surface area contributed by atoms with Gasteiger partial charge in [0.15, 0.2) is 5.17 Å². The molecular formula is C14H17N3OS2. The molecule has 20 heavy (non-hydrogen) atoms. The number of hydrogen-bond acceptors (Lipinski definition) is 5. The molecule has 0 saturated carbocycles. The first-order valence-corrected chi connectivity index (χ1v) is 8.28. The molecule has 1 fully saturated rings. The van der Waals surface area contributed by atoms with Gasteiger partial charge in [0.05, 0.1) is 5.25 Å². The molecule has 1 N–H and O–H groups in total. The van der Waals surface area contributed by atoms with Crippen LogP contribution in [0.5, 0.6) is 0 Å². The summed E-state index contributed by atoms with van der Waals surface area (Å²) in [6, 6.07) is 8.49. The second kappa shape index (κ2) is 7.50. The Labute approximate surface area is 127 Å². The summed E-state index contributed by atoms with van der Waals surface area (Å²) in [6.07, 6.45) is 2.63. The molecule has 1 unspecified atom stereocenters. The fourth-order valence-corrected chi connectivity index (χ4v) is 3.06. The summed E-state index contributed by atoms with van der Waals surface area (Å²) >= 11 is 3.20. The quantitative estimate of drug-likeness (QED) is 0.394. The van der Waals surface area contributed by atoms with E-state index in [4.69, 9.17) is 0 Å². The SMILES string of the molecule is Cc1ccc(SCC/C=N/N=C2NC(=O)C(C)S2)cc1. The van der Waals surface area contributed by atoms with Crippen LogP contribution in [-0.2, 0) is 4.79 Å². The summed E-state index contributed by atoms with van der Waals surface area (Å²) < 4.78 is 0. The van der Waals surface area contributed by atoms with Crippen LogP contribution in [0, 0.1) is 6.92 Å². The van der Waals surface area contributed by atoms with E-state index in [2.05, 4.69) is 46.7 Å².